The molecule has 0 aromatic heterocycles. The fraction of sp³-hybridized carbons (Fsp3) is 0.273. The number of rotatable bonds is 3. The summed E-state index contributed by atoms with van der Waals surface area (Å²) >= 11 is 4.67. The Labute approximate surface area is 120 Å². The fourth-order valence-corrected chi connectivity index (χ4v) is 3.40. The van der Waals surface area contributed by atoms with Crippen molar-refractivity contribution in [3.8, 4) is 0 Å². The number of halogens is 1. The predicted octanol–water partition coefficient (Wildman–Crippen LogP) is -0.420. The monoisotopic (exact) mass is 317 g/mol. The largest absolute Gasteiger partial charge is 0.389 e. The van der Waals surface area contributed by atoms with Gasteiger partial charge in [-0.2, -0.15) is 4.31 Å². The second-order valence-corrected chi connectivity index (χ2v) is 6.57. The van der Waals surface area contributed by atoms with Crippen LogP contribution in [0.2, 0.25) is 0 Å². The van der Waals surface area contributed by atoms with Crippen LogP contribution in [0.25, 0.3) is 0 Å². The molecule has 0 atom stereocenters. The van der Waals surface area contributed by atoms with Crippen LogP contribution in [0.15, 0.2) is 23.1 Å². The van der Waals surface area contributed by atoms with Crippen LogP contribution in [0.1, 0.15) is 5.56 Å². The van der Waals surface area contributed by atoms with Gasteiger partial charge in [-0.3, -0.25) is 4.79 Å². The lowest BCUT2D eigenvalue weighted by molar-refractivity contribution is -0.122. The molecule has 0 aliphatic carbocycles. The molecule has 1 saturated heterocycles. The van der Waals surface area contributed by atoms with Crippen molar-refractivity contribution in [1.29, 1.82) is 0 Å². The second kappa shape index (κ2) is 5.43. The van der Waals surface area contributed by atoms with E-state index in [2.05, 4.69) is 17.5 Å². The first-order valence-electron chi connectivity index (χ1n) is 5.68. The lowest BCUT2D eigenvalue weighted by atomic mass is 10.2. The molecule has 0 unspecified atom stereocenters. The molecule has 20 heavy (non-hydrogen) atoms. The summed E-state index contributed by atoms with van der Waals surface area (Å²) in [5.41, 5.74) is 5.21. The van der Waals surface area contributed by atoms with Gasteiger partial charge in [-0.15, -0.1) is 0 Å². The van der Waals surface area contributed by atoms with Crippen molar-refractivity contribution in [2.75, 3.05) is 19.6 Å². The Morgan fingerprint density at radius 1 is 1.45 bits per heavy atom. The second-order valence-electron chi connectivity index (χ2n) is 4.19. The van der Waals surface area contributed by atoms with Crippen molar-refractivity contribution in [3.05, 3.63) is 29.6 Å². The Hall–Kier alpha value is -1.58. The van der Waals surface area contributed by atoms with Crippen molar-refractivity contribution in [1.82, 2.24) is 9.62 Å². The van der Waals surface area contributed by atoms with Crippen LogP contribution in [0, 0.1) is 5.82 Å². The summed E-state index contributed by atoms with van der Waals surface area (Å²) in [6, 6.07) is 3.20. The third-order valence-electron chi connectivity index (χ3n) is 2.84. The molecule has 1 aliphatic rings. The minimum absolute atomic E-state index is 0.137. The van der Waals surface area contributed by atoms with Gasteiger partial charge in [0.2, 0.25) is 15.9 Å². The van der Waals surface area contributed by atoms with Gasteiger partial charge in [0.25, 0.3) is 0 Å². The average molecular weight is 317 g/mol. The van der Waals surface area contributed by atoms with Crippen molar-refractivity contribution < 1.29 is 17.6 Å². The summed E-state index contributed by atoms with van der Waals surface area (Å²) in [6.07, 6.45) is 0. The van der Waals surface area contributed by atoms with E-state index in [1.54, 1.807) is 0 Å². The van der Waals surface area contributed by atoms with Crippen molar-refractivity contribution in [3.63, 3.8) is 0 Å². The molecule has 9 heteroatoms. The molecule has 0 spiro atoms. The number of amides is 1. The Balaban J connectivity index is 2.41. The number of piperazine rings is 1. The number of sulfonamides is 1. The number of hydrogen-bond acceptors (Lipinski definition) is 4. The van der Waals surface area contributed by atoms with Gasteiger partial charge in [-0.05, 0) is 18.2 Å². The highest BCUT2D eigenvalue weighted by Gasteiger charge is 2.29. The molecule has 1 aromatic rings. The Bertz CT molecular complexity index is 675. The number of carbonyl (C=O) groups excluding carboxylic acids is 1. The minimum Gasteiger partial charge on any atom is -0.389 e. The molecule has 2 rings (SSSR count). The molecule has 1 aliphatic heterocycles. The lowest BCUT2D eigenvalue weighted by Crippen LogP contribution is -2.49. The standard InChI is InChI=1S/C11H12FN3O3S2/c12-9-2-1-7(5-8(9)11(13)19)20(17,18)15-4-3-14-10(16)6-15/h1-2,5H,3-4,6H2,(H2,13,19)(H,14,16). The molecular weight excluding hydrogens is 305 g/mol. The van der Waals surface area contributed by atoms with Crippen molar-refractivity contribution in [2.45, 2.75) is 4.90 Å². The van der Waals surface area contributed by atoms with Crippen LogP contribution in [-0.2, 0) is 14.8 Å². The normalized spacial score (nSPS) is 16.8. The van der Waals surface area contributed by atoms with Gasteiger partial charge < -0.3 is 11.1 Å². The van der Waals surface area contributed by atoms with E-state index in [-0.39, 0.29) is 41.0 Å². The summed E-state index contributed by atoms with van der Waals surface area (Å²) in [4.78, 5) is 10.9. The molecule has 1 aromatic carbocycles. The maximum atomic E-state index is 13.5. The smallest absolute Gasteiger partial charge is 0.243 e. The first-order chi connectivity index (χ1) is 9.32. The average Bonchev–Trinajstić information content (AvgIpc) is 2.38. The number of nitrogens with two attached hydrogens (primary N) is 1. The van der Waals surface area contributed by atoms with Gasteiger partial charge in [-0.1, -0.05) is 12.2 Å². The molecule has 108 valence electrons. The molecule has 0 radical (unpaired) electrons. The van der Waals surface area contributed by atoms with Crippen LogP contribution in [0.4, 0.5) is 4.39 Å². The number of nitrogens with one attached hydrogen (secondary N) is 1. The van der Waals surface area contributed by atoms with E-state index in [4.69, 9.17) is 5.73 Å². The quantitative estimate of drug-likeness (QED) is 0.739. The number of carbonyl (C=O) groups is 1. The third-order valence-corrected chi connectivity index (χ3v) is 4.91. The highest BCUT2D eigenvalue weighted by atomic mass is 32.2. The highest BCUT2D eigenvalue weighted by Crippen LogP contribution is 2.19. The fourth-order valence-electron chi connectivity index (χ4n) is 1.82. The topological polar surface area (TPSA) is 92.5 Å². The molecule has 0 saturated carbocycles. The minimum atomic E-state index is -3.88. The van der Waals surface area contributed by atoms with Crippen molar-refractivity contribution >= 4 is 33.1 Å². The van der Waals surface area contributed by atoms with Crippen LogP contribution < -0.4 is 11.1 Å². The maximum Gasteiger partial charge on any atom is 0.243 e. The molecule has 1 amide bonds. The van der Waals surface area contributed by atoms with Gasteiger partial charge in [0, 0.05) is 18.7 Å². The lowest BCUT2D eigenvalue weighted by Gasteiger charge is -2.26. The van der Waals surface area contributed by atoms with E-state index in [1.807, 2.05) is 0 Å². The van der Waals surface area contributed by atoms with E-state index in [9.17, 15) is 17.6 Å². The highest BCUT2D eigenvalue weighted by molar-refractivity contribution is 7.89. The van der Waals surface area contributed by atoms with Crippen LogP contribution >= 0.6 is 12.2 Å². The van der Waals surface area contributed by atoms with Crippen LogP contribution in [-0.4, -0.2) is 43.3 Å². The number of nitrogens with zero attached hydrogens (tertiary/aromatic N) is 1. The zero-order valence-electron chi connectivity index (χ0n) is 10.3. The maximum absolute atomic E-state index is 13.5. The van der Waals surface area contributed by atoms with E-state index < -0.39 is 15.8 Å². The zero-order chi connectivity index (χ0) is 14.9. The molecule has 1 heterocycles. The van der Waals surface area contributed by atoms with E-state index >= 15 is 0 Å². The summed E-state index contributed by atoms with van der Waals surface area (Å²) in [6.45, 7) is 0.136. The predicted molar refractivity (Wildman–Crippen MR) is 74.1 cm³/mol. The first-order valence-corrected chi connectivity index (χ1v) is 7.53. The van der Waals surface area contributed by atoms with Crippen LogP contribution in [0.3, 0.4) is 0 Å². The van der Waals surface area contributed by atoms with Gasteiger partial charge in [0.05, 0.1) is 11.4 Å². The van der Waals surface area contributed by atoms with Gasteiger partial charge in [-0.25, -0.2) is 12.8 Å². The van der Waals surface area contributed by atoms with E-state index in [0.717, 1.165) is 22.5 Å². The zero-order valence-corrected chi connectivity index (χ0v) is 11.9. The van der Waals surface area contributed by atoms with Gasteiger partial charge in [0.1, 0.15) is 10.8 Å². The molecule has 3 N–H and O–H groups in total. The number of thiocarbonyl (C=S) groups is 1. The summed E-state index contributed by atoms with van der Waals surface area (Å²) in [7, 11) is -3.88. The number of benzene rings is 1. The summed E-state index contributed by atoms with van der Waals surface area (Å²) in [5, 5.41) is 2.53. The van der Waals surface area contributed by atoms with Gasteiger partial charge in [0.15, 0.2) is 0 Å². The van der Waals surface area contributed by atoms with E-state index in [0.29, 0.717) is 0 Å². The number of hydrogen-bond donors (Lipinski definition) is 2. The summed E-state index contributed by atoms with van der Waals surface area (Å²) < 4.78 is 39.2. The SMILES string of the molecule is NC(=S)c1cc(S(=O)(=O)N2CCNC(=O)C2)ccc1F. The Kier molecular flexibility index (Phi) is 4.02. The van der Waals surface area contributed by atoms with Crippen molar-refractivity contribution in [2.24, 2.45) is 5.73 Å². The van der Waals surface area contributed by atoms with Crippen LogP contribution in [0.5, 0.6) is 0 Å². The Morgan fingerprint density at radius 3 is 2.75 bits per heavy atom. The van der Waals surface area contributed by atoms with E-state index in [1.165, 1.54) is 0 Å². The summed E-state index contributed by atoms with van der Waals surface area (Å²) in [5.74, 6) is -1.07. The van der Waals surface area contributed by atoms with Gasteiger partial charge >= 0.3 is 0 Å². The third kappa shape index (κ3) is 2.79. The molecule has 0 bridgehead atoms. The first kappa shape index (κ1) is 14.8. The molecule has 1 fully saturated rings. The molecule has 6 nitrogen and oxygen atoms in total. The molecular formula is C11H12FN3O3S2. The Morgan fingerprint density at radius 2 is 2.15 bits per heavy atom.